The van der Waals surface area contributed by atoms with Crippen LogP contribution in [0.1, 0.15) is 21.5 Å². The first-order valence-corrected chi connectivity index (χ1v) is 8.97. The molecule has 1 aromatic carbocycles. The van der Waals surface area contributed by atoms with Gasteiger partial charge in [-0.1, -0.05) is 17.7 Å². The highest BCUT2D eigenvalue weighted by Crippen LogP contribution is 2.43. The number of furan rings is 1. The molecule has 3 aromatic rings. The van der Waals surface area contributed by atoms with E-state index in [-0.39, 0.29) is 11.3 Å². The lowest BCUT2D eigenvalue weighted by atomic mass is 10.00. The van der Waals surface area contributed by atoms with E-state index >= 15 is 0 Å². The largest absolute Gasteiger partial charge is 0.503 e. The minimum Gasteiger partial charge on any atom is -0.503 e. The molecule has 0 fully saturated rings. The van der Waals surface area contributed by atoms with Gasteiger partial charge in [0.15, 0.2) is 11.5 Å². The van der Waals surface area contributed by atoms with Crippen molar-refractivity contribution in [1.29, 1.82) is 0 Å². The number of nitrogens with zero attached hydrogens (tertiary/aromatic N) is 1. The maximum absolute atomic E-state index is 12.9. The first kappa shape index (κ1) is 16.6. The summed E-state index contributed by atoms with van der Waals surface area (Å²) in [6.07, 6.45) is 1.37. The Balaban J connectivity index is 1.86. The first-order chi connectivity index (χ1) is 12.6. The molecule has 0 bridgehead atoms. The molecule has 1 N–H and O–H groups in total. The van der Waals surface area contributed by atoms with Crippen LogP contribution in [-0.2, 0) is 4.79 Å². The molecule has 2 aromatic heterocycles. The van der Waals surface area contributed by atoms with Crippen molar-refractivity contribution in [3.8, 4) is 0 Å². The average molecular weight is 386 g/mol. The van der Waals surface area contributed by atoms with Crippen molar-refractivity contribution in [2.24, 2.45) is 0 Å². The Bertz CT molecular complexity index is 991. The number of hydrogen-bond donors (Lipinski definition) is 1. The van der Waals surface area contributed by atoms with Gasteiger partial charge in [0.25, 0.3) is 5.91 Å². The van der Waals surface area contributed by atoms with Crippen molar-refractivity contribution in [3.63, 3.8) is 0 Å². The number of benzene rings is 1. The number of carbonyl (C=O) groups is 2. The number of aliphatic hydroxyl groups excluding tert-OH is 1. The molecule has 0 radical (unpaired) electrons. The first-order valence-electron chi connectivity index (χ1n) is 7.72. The van der Waals surface area contributed by atoms with Gasteiger partial charge in [-0.05, 0) is 47.8 Å². The van der Waals surface area contributed by atoms with E-state index in [0.717, 1.165) is 4.88 Å². The summed E-state index contributed by atoms with van der Waals surface area (Å²) in [5.41, 5.74) is 0.536. The molecule has 4 rings (SSSR count). The topological polar surface area (TPSA) is 70.8 Å². The summed E-state index contributed by atoms with van der Waals surface area (Å²) in [5.74, 6) is -1.66. The molecule has 0 spiro atoms. The number of carbonyl (C=O) groups excluding carboxylic acids is 2. The number of aliphatic hydroxyl groups is 1. The van der Waals surface area contributed by atoms with Gasteiger partial charge < -0.3 is 9.52 Å². The molecular weight excluding hydrogens is 374 g/mol. The Labute approximate surface area is 157 Å². The maximum Gasteiger partial charge on any atom is 0.294 e. The van der Waals surface area contributed by atoms with Crippen molar-refractivity contribution >= 4 is 40.3 Å². The number of halogens is 1. The minimum atomic E-state index is -0.735. The highest BCUT2D eigenvalue weighted by molar-refractivity contribution is 7.10. The molecule has 26 heavy (non-hydrogen) atoms. The fourth-order valence-corrected chi connectivity index (χ4v) is 3.91. The molecule has 1 amide bonds. The van der Waals surface area contributed by atoms with E-state index in [1.165, 1.54) is 28.6 Å². The number of amides is 1. The maximum atomic E-state index is 12.9. The van der Waals surface area contributed by atoms with Gasteiger partial charge in [0, 0.05) is 15.6 Å². The lowest BCUT2D eigenvalue weighted by Gasteiger charge is -2.25. The lowest BCUT2D eigenvalue weighted by Crippen LogP contribution is -2.30. The minimum absolute atomic E-state index is 0.00218. The van der Waals surface area contributed by atoms with E-state index in [1.54, 1.807) is 30.3 Å². The number of thiophene rings is 1. The second-order valence-electron chi connectivity index (χ2n) is 5.64. The monoisotopic (exact) mass is 385 g/mol. The quantitative estimate of drug-likeness (QED) is 0.656. The van der Waals surface area contributed by atoms with Crippen LogP contribution in [-0.4, -0.2) is 16.8 Å². The Morgan fingerprint density at radius 2 is 1.92 bits per heavy atom. The summed E-state index contributed by atoms with van der Waals surface area (Å²) >= 11 is 7.33. The van der Waals surface area contributed by atoms with Crippen LogP contribution in [0.4, 0.5) is 5.69 Å². The zero-order valence-electron chi connectivity index (χ0n) is 13.3. The van der Waals surface area contributed by atoms with Crippen LogP contribution in [0.15, 0.2) is 75.9 Å². The Kier molecular flexibility index (Phi) is 4.14. The van der Waals surface area contributed by atoms with Gasteiger partial charge in [-0.2, -0.15) is 0 Å². The van der Waals surface area contributed by atoms with Crippen LogP contribution in [0.2, 0.25) is 5.02 Å². The van der Waals surface area contributed by atoms with Crippen LogP contribution in [0, 0.1) is 0 Å². The molecule has 130 valence electrons. The highest BCUT2D eigenvalue weighted by Gasteiger charge is 2.45. The fraction of sp³-hybridized carbons (Fsp3) is 0.0526. The molecule has 1 aliphatic rings. The zero-order chi connectivity index (χ0) is 18.3. The molecule has 7 heteroatoms. The van der Waals surface area contributed by atoms with Gasteiger partial charge in [0.05, 0.1) is 11.8 Å². The summed E-state index contributed by atoms with van der Waals surface area (Å²) in [5, 5.41) is 12.9. The van der Waals surface area contributed by atoms with Crippen LogP contribution in [0.3, 0.4) is 0 Å². The van der Waals surface area contributed by atoms with Crippen molar-refractivity contribution in [2.45, 2.75) is 6.04 Å². The van der Waals surface area contributed by atoms with Crippen molar-refractivity contribution < 1.29 is 19.1 Å². The van der Waals surface area contributed by atoms with Crippen molar-refractivity contribution in [1.82, 2.24) is 0 Å². The van der Waals surface area contributed by atoms with E-state index in [0.29, 0.717) is 10.7 Å². The third kappa shape index (κ3) is 2.64. The van der Waals surface area contributed by atoms with Gasteiger partial charge in [0.2, 0.25) is 5.78 Å². The number of ketones is 1. The Hall–Kier alpha value is -2.83. The number of hydrogen-bond acceptors (Lipinski definition) is 5. The summed E-state index contributed by atoms with van der Waals surface area (Å²) in [6.45, 7) is 0. The van der Waals surface area contributed by atoms with E-state index in [4.69, 9.17) is 16.0 Å². The third-order valence-corrected chi connectivity index (χ3v) is 5.29. The van der Waals surface area contributed by atoms with Crippen molar-refractivity contribution in [3.05, 3.63) is 87.2 Å². The van der Waals surface area contributed by atoms with Crippen LogP contribution >= 0.6 is 22.9 Å². The third-order valence-electron chi connectivity index (χ3n) is 4.12. The van der Waals surface area contributed by atoms with Gasteiger partial charge >= 0.3 is 0 Å². The number of anilines is 1. The number of rotatable bonds is 4. The molecule has 1 unspecified atom stereocenters. The molecule has 1 atom stereocenters. The average Bonchev–Trinajstić information content (AvgIpc) is 3.38. The zero-order valence-corrected chi connectivity index (χ0v) is 14.8. The van der Waals surface area contributed by atoms with Gasteiger partial charge in [-0.25, -0.2) is 0 Å². The fourth-order valence-electron chi connectivity index (χ4n) is 2.96. The summed E-state index contributed by atoms with van der Waals surface area (Å²) < 4.78 is 5.17. The van der Waals surface area contributed by atoms with Crippen LogP contribution < -0.4 is 4.90 Å². The second-order valence-corrected chi connectivity index (χ2v) is 7.05. The summed E-state index contributed by atoms with van der Waals surface area (Å²) in [6, 6.07) is 12.7. The second kappa shape index (κ2) is 6.48. The predicted molar refractivity (Wildman–Crippen MR) is 98.7 cm³/mol. The molecule has 0 saturated heterocycles. The van der Waals surface area contributed by atoms with E-state index < -0.39 is 23.5 Å². The Morgan fingerprint density at radius 1 is 1.15 bits per heavy atom. The molecule has 3 heterocycles. The normalized spacial score (nSPS) is 17.2. The Morgan fingerprint density at radius 3 is 2.54 bits per heavy atom. The van der Waals surface area contributed by atoms with Gasteiger partial charge in [-0.15, -0.1) is 11.3 Å². The molecular formula is C19H12ClNO4S. The van der Waals surface area contributed by atoms with Crippen LogP contribution in [0.5, 0.6) is 0 Å². The van der Waals surface area contributed by atoms with Gasteiger partial charge in [-0.3, -0.25) is 14.5 Å². The molecule has 1 aliphatic heterocycles. The predicted octanol–water partition coefficient (Wildman–Crippen LogP) is 4.78. The van der Waals surface area contributed by atoms with Gasteiger partial charge in [0.1, 0.15) is 6.04 Å². The molecule has 0 aliphatic carbocycles. The van der Waals surface area contributed by atoms with E-state index in [2.05, 4.69) is 0 Å². The summed E-state index contributed by atoms with van der Waals surface area (Å²) in [4.78, 5) is 27.8. The summed E-state index contributed by atoms with van der Waals surface area (Å²) in [7, 11) is 0. The number of Topliss-reactive ketones (excluding diaryl/α,β-unsaturated/α-hetero) is 1. The van der Waals surface area contributed by atoms with Crippen molar-refractivity contribution in [2.75, 3.05) is 4.90 Å². The standard InChI is InChI=1S/C19H12ClNO4S/c20-11-5-7-12(8-6-11)21-16(14-4-2-10-26-14)15(18(23)19(21)24)17(22)13-3-1-9-25-13/h1-10,16,23H. The lowest BCUT2D eigenvalue weighted by molar-refractivity contribution is -0.117. The molecule has 5 nitrogen and oxygen atoms in total. The SMILES string of the molecule is O=C(C1=C(O)C(=O)N(c2ccc(Cl)cc2)C1c1cccs1)c1ccco1. The van der Waals surface area contributed by atoms with E-state index in [9.17, 15) is 14.7 Å². The highest BCUT2D eigenvalue weighted by atomic mass is 35.5. The smallest absolute Gasteiger partial charge is 0.294 e. The molecule has 0 saturated carbocycles. The van der Waals surface area contributed by atoms with Crippen LogP contribution in [0.25, 0.3) is 0 Å². The van der Waals surface area contributed by atoms with E-state index in [1.807, 2.05) is 17.5 Å².